The van der Waals surface area contributed by atoms with Crippen LogP contribution in [0, 0.1) is 0 Å². The second kappa shape index (κ2) is 4.91. The summed E-state index contributed by atoms with van der Waals surface area (Å²) >= 11 is 5.77. The minimum Gasteiger partial charge on any atom is -0.398 e. The Labute approximate surface area is 110 Å². The number of halogens is 1. The average Bonchev–Trinajstić information content (AvgIpc) is 2.33. The van der Waals surface area contributed by atoms with Crippen molar-refractivity contribution < 1.29 is 8.42 Å². The summed E-state index contributed by atoms with van der Waals surface area (Å²) in [7, 11) is -3.60. The molecule has 1 heterocycles. The molecule has 0 atom stereocenters. The number of nitrogens with zero attached hydrogens (tertiary/aromatic N) is 2. The topological polar surface area (TPSA) is 85.9 Å². The first-order valence-electron chi connectivity index (χ1n) is 5.03. The first-order chi connectivity index (χ1) is 8.49. The second-order valence-electron chi connectivity index (χ2n) is 3.61. The van der Waals surface area contributed by atoms with Gasteiger partial charge in [-0.1, -0.05) is 11.6 Å². The molecule has 0 saturated heterocycles. The smallest absolute Gasteiger partial charge is 0.187 e. The fourth-order valence-electron chi connectivity index (χ4n) is 1.43. The molecule has 2 rings (SSSR count). The molecule has 7 heteroatoms. The Balaban J connectivity index is 2.40. The monoisotopic (exact) mass is 283 g/mol. The minimum absolute atomic E-state index is 0.00227. The molecule has 0 unspecified atom stereocenters. The minimum atomic E-state index is -3.60. The van der Waals surface area contributed by atoms with Gasteiger partial charge in [-0.15, -0.1) is 0 Å². The first-order valence-corrected chi connectivity index (χ1v) is 7.06. The van der Waals surface area contributed by atoms with Gasteiger partial charge in [0.25, 0.3) is 0 Å². The number of nitrogen functional groups attached to an aromatic ring is 1. The van der Waals surface area contributed by atoms with Gasteiger partial charge in [-0.05, 0) is 24.3 Å². The zero-order valence-electron chi connectivity index (χ0n) is 9.25. The Kier molecular flexibility index (Phi) is 3.49. The van der Waals surface area contributed by atoms with E-state index < -0.39 is 9.84 Å². The van der Waals surface area contributed by atoms with E-state index in [4.69, 9.17) is 17.3 Å². The van der Waals surface area contributed by atoms with E-state index in [0.29, 0.717) is 5.02 Å². The van der Waals surface area contributed by atoms with E-state index in [0.717, 1.165) is 0 Å². The van der Waals surface area contributed by atoms with Crippen LogP contribution in [0.1, 0.15) is 5.82 Å². The van der Waals surface area contributed by atoms with Gasteiger partial charge in [-0.2, -0.15) is 0 Å². The molecule has 2 N–H and O–H groups in total. The van der Waals surface area contributed by atoms with Crippen LogP contribution in [0.15, 0.2) is 41.6 Å². The lowest BCUT2D eigenvalue weighted by Crippen LogP contribution is -2.10. The van der Waals surface area contributed by atoms with Gasteiger partial charge in [-0.3, -0.25) is 0 Å². The highest BCUT2D eigenvalue weighted by Gasteiger charge is 2.20. The Morgan fingerprint density at radius 2 is 1.89 bits per heavy atom. The molecule has 18 heavy (non-hydrogen) atoms. The van der Waals surface area contributed by atoms with Gasteiger partial charge < -0.3 is 5.73 Å². The molecule has 0 aliphatic rings. The lowest BCUT2D eigenvalue weighted by Gasteiger charge is -2.07. The van der Waals surface area contributed by atoms with Crippen LogP contribution in [0.3, 0.4) is 0 Å². The number of rotatable bonds is 3. The Morgan fingerprint density at radius 3 is 2.56 bits per heavy atom. The fraction of sp³-hybridized carbons (Fsp3) is 0.0909. The molecule has 1 aromatic heterocycles. The Hall–Kier alpha value is -1.66. The van der Waals surface area contributed by atoms with Gasteiger partial charge in [0.2, 0.25) is 0 Å². The van der Waals surface area contributed by atoms with Gasteiger partial charge >= 0.3 is 0 Å². The molecule has 0 fully saturated rings. The standard InChI is InChI=1S/C11H10ClN3O2S/c12-8-2-3-9(13)10(6-8)18(16,17)7-11-14-4-1-5-15-11/h1-6H,7,13H2. The summed E-state index contributed by atoms with van der Waals surface area (Å²) in [4.78, 5) is 7.76. The van der Waals surface area contributed by atoms with Crippen LogP contribution >= 0.6 is 11.6 Å². The van der Waals surface area contributed by atoms with Gasteiger partial charge in [0.1, 0.15) is 11.6 Å². The van der Waals surface area contributed by atoms with E-state index in [-0.39, 0.29) is 22.2 Å². The molecule has 0 bridgehead atoms. The summed E-state index contributed by atoms with van der Waals surface area (Å²) in [5, 5.41) is 0.316. The maximum atomic E-state index is 12.2. The number of anilines is 1. The third kappa shape index (κ3) is 2.77. The maximum Gasteiger partial charge on any atom is 0.187 e. The molecule has 0 spiro atoms. The molecule has 0 radical (unpaired) electrons. The third-order valence-electron chi connectivity index (χ3n) is 2.25. The highest BCUT2D eigenvalue weighted by molar-refractivity contribution is 7.90. The predicted octanol–water partition coefficient (Wildman–Crippen LogP) is 1.69. The second-order valence-corrected chi connectivity index (χ2v) is 6.00. The molecule has 0 amide bonds. The number of hydrogen-bond donors (Lipinski definition) is 1. The molecule has 5 nitrogen and oxygen atoms in total. The number of sulfone groups is 1. The summed E-state index contributed by atoms with van der Waals surface area (Å²) in [6.07, 6.45) is 2.97. The van der Waals surface area contributed by atoms with E-state index in [9.17, 15) is 8.42 Å². The van der Waals surface area contributed by atoms with E-state index in [1.807, 2.05) is 0 Å². The highest BCUT2D eigenvalue weighted by atomic mass is 35.5. The summed E-state index contributed by atoms with van der Waals surface area (Å²) in [6, 6.07) is 5.94. The van der Waals surface area contributed by atoms with Crippen LogP contribution < -0.4 is 5.73 Å². The molecule has 0 saturated carbocycles. The van der Waals surface area contributed by atoms with Crippen molar-refractivity contribution in [2.24, 2.45) is 0 Å². The number of nitrogens with two attached hydrogens (primary N) is 1. The number of aromatic nitrogens is 2. The van der Waals surface area contributed by atoms with E-state index >= 15 is 0 Å². The van der Waals surface area contributed by atoms with Gasteiger partial charge in [0.15, 0.2) is 9.84 Å². The van der Waals surface area contributed by atoms with Crippen molar-refractivity contribution in [1.82, 2.24) is 9.97 Å². The summed E-state index contributed by atoms with van der Waals surface area (Å²) in [5.74, 6) is -0.0878. The summed E-state index contributed by atoms with van der Waals surface area (Å²) in [5.41, 5.74) is 5.81. The van der Waals surface area contributed by atoms with Crippen molar-refractivity contribution in [2.45, 2.75) is 10.6 Å². The van der Waals surface area contributed by atoms with Crippen molar-refractivity contribution in [3.8, 4) is 0 Å². The lowest BCUT2D eigenvalue weighted by molar-refractivity contribution is 0.594. The molecular weight excluding hydrogens is 274 g/mol. The zero-order chi connectivity index (χ0) is 13.2. The Bertz CT molecular complexity index is 659. The van der Waals surface area contributed by atoms with Crippen molar-refractivity contribution in [2.75, 3.05) is 5.73 Å². The van der Waals surface area contributed by atoms with Crippen LogP contribution in [0.2, 0.25) is 5.02 Å². The molecule has 94 valence electrons. The molecule has 1 aromatic carbocycles. The summed E-state index contributed by atoms with van der Waals surface area (Å²) < 4.78 is 24.3. The van der Waals surface area contributed by atoms with Crippen molar-refractivity contribution in [3.05, 3.63) is 47.5 Å². The molecule has 0 aliphatic heterocycles. The number of benzene rings is 1. The average molecular weight is 284 g/mol. The first kappa shape index (κ1) is 12.8. The Morgan fingerprint density at radius 1 is 1.22 bits per heavy atom. The van der Waals surface area contributed by atoms with Crippen LogP contribution in [-0.4, -0.2) is 18.4 Å². The normalized spacial score (nSPS) is 11.4. The van der Waals surface area contributed by atoms with Crippen LogP contribution in [0.4, 0.5) is 5.69 Å². The number of hydrogen-bond acceptors (Lipinski definition) is 5. The van der Waals surface area contributed by atoms with Crippen molar-refractivity contribution in [3.63, 3.8) is 0 Å². The van der Waals surface area contributed by atoms with Crippen LogP contribution in [-0.2, 0) is 15.6 Å². The van der Waals surface area contributed by atoms with Crippen molar-refractivity contribution >= 4 is 27.1 Å². The molecule has 0 aliphatic carbocycles. The van der Waals surface area contributed by atoms with Crippen LogP contribution in [0.25, 0.3) is 0 Å². The van der Waals surface area contributed by atoms with E-state index in [1.165, 1.54) is 30.6 Å². The zero-order valence-corrected chi connectivity index (χ0v) is 10.8. The molecule has 2 aromatic rings. The van der Waals surface area contributed by atoms with Crippen molar-refractivity contribution in [1.29, 1.82) is 0 Å². The lowest BCUT2D eigenvalue weighted by atomic mass is 10.3. The SMILES string of the molecule is Nc1ccc(Cl)cc1S(=O)(=O)Cc1ncccn1. The largest absolute Gasteiger partial charge is 0.398 e. The molecular formula is C11H10ClN3O2S. The predicted molar refractivity (Wildman–Crippen MR) is 68.8 cm³/mol. The summed E-state index contributed by atoms with van der Waals surface area (Å²) in [6.45, 7) is 0. The highest BCUT2D eigenvalue weighted by Crippen LogP contribution is 2.25. The van der Waals surface area contributed by atoms with Crippen LogP contribution in [0.5, 0.6) is 0 Å². The maximum absolute atomic E-state index is 12.2. The fourth-order valence-corrected chi connectivity index (χ4v) is 3.04. The van der Waals surface area contributed by atoms with Gasteiger partial charge in [0.05, 0.1) is 10.6 Å². The quantitative estimate of drug-likeness (QED) is 0.866. The van der Waals surface area contributed by atoms with E-state index in [2.05, 4.69) is 9.97 Å². The third-order valence-corrected chi connectivity index (χ3v) is 4.15. The van der Waals surface area contributed by atoms with Gasteiger partial charge in [0, 0.05) is 17.4 Å². The van der Waals surface area contributed by atoms with E-state index in [1.54, 1.807) is 6.07 Å². The van der Waals surface area contributed by atoms with Gasteiger partial charge in [-0.25, -0.2) is 18.4 Å².